The van der Waals surface area contributed by atoms with Gasteiger partial charge in [0.05, 0.1) is 4.90 Å². The zero-order chi connectivity index (χ0) is 13.7. The molecule has 2 rings (SSSR count). The molecule has 0 bridgehead atoms. The molecule has 0 unspecified atom stereocenters. The van der Waals surface area contributed by atoms with E-state index in [1.54, 1.807) is 12.3 Å². The van der Waals surface area contributed by atoms with Crippen LogP contribution in [0.1, 0.15) is 13.3 Å². The van der Waals surface area contributed by atoms with E-state index in [4.69, 9.17) is 0 Å². The molecule has 1 aromatic carbocycles. The fourth-order valence-corrected chi connectivity index (χ4v) is 2.21. The SMILES string of the molecule is CCCNc1nccc(Sc2cc(F)ccc2F)n1. The normalized spacial score (nSPS) is 10.5. The van der Waals surface area contributed by atoms with Crippen LogP contribution in [0.4, 0.5) is 14.7 Å². The first kappa shape index (κ1) is 13.7. The van der Waals surface area contributed by atoms with Gasteiger partial charge in [-0.3, -0.25) is 0 Å². The molecule has 0 spiro atoms. The van der Waals surface area contributed by atoms with Crippen molar-refractivity contribution in [2.45, 2.75) is 23.3 Å². The molecule has 0 saturated carbocycles. The number of benzene rings is 1. The van der Waals surface area contributed by atoms with E-state index < -0.39 is 11.6 Å². The van der Waals surface area contributed by atoms with E-state index in [9.17, 15) is 8.78 Å². The zero-order valence-electron chi connectivity index (χ0n) is 10.4. The lowest BCUT2D eigenvalue weighted by Crippen LogP contribution is -2.04. The lowest BCUT2D eigenvalue weighted by Gasteiger charge is -2.05. The van der Waals surface area contributed by atoms with Gasteiger partial charge in [0, 0.05) is 12.7 Å². The standard InChI is InChI=1S/C13H13F2N3S/c1-2-6-16-13-17-7-5-12(18-13)19-11-8-9(14)3-4-10(11)15/h3-5,7-8H,2,6H2,1H3,(H,16,17,18). The number of nitrogens with zero attached hydrogens (tertiary/aromatic N) is 2. The molecule has 100 valence electrons. The summed E-state index contributed by atoms with van der Waals surface area (Å²) in [5, 5.41) is 3.61. The highest BCUT2D eigenvalue weighted by atomic mass is 32.2. The first-order chi connectivity index (χ1) is 9.19. The smallest absolute Gasteiger partial charge is 0.223 e. The lowest BCUT2D eigenvalue weighted by molar-refractivity contribution is 0.577. The summed E-state index contributed by atoms with van der Waals surface area (Å²) in [6.45, 7) is 2.80. The van der Waals surface area contributed by atoms with Crippen molar-refractivity contribution in [2.24, 2.45) is 0 Å². The van der Waals surface area contributed by atoms with Gasteiger partial charge in [0.25, 0.3) is 0 Å². The summed E-state index contributed by atoms with van der Waals surface area (Å²) in [6.07, 6.45) is 2.55. The highest BCUT2D eigenvalue weighted by Crippen LogP contribution is 2.29. The summed E-state index contributed by atoms with van der Waals surface area (Å²) < 4.78 is 26.6. The van der Waals surface area contributed by atoms with Crippen molar-refractivity contribution in [1.82, 2.24) is 9.97 Å². The molecule has 0 aliphatic carbocycles. The third-order valence-electron chi connectivity index (χ3n) is 2.27. The van der Waals surface area contributed by atoms with Gasteiger partial charge in [0.15, 0.2) is 0 Å². The molecule has 0 aliphatic heterocycles. The van der Waals surface area contributed by atoms with Crippen molar-refractivity contribution in [3.63, 3.8) is 0 Å². The van der Waals surface area contributed by atoms with Gasteiger partial charge in [-0.25, -0.2) is 18.7 Å². The minimum Gasteiger partial charge on any atom is -0.354 e. The van der Waals surface area contributed by atoms with Gasteiger partial charge in [0.1, 0.15) is 16.7 Å². The monoisotopic (exact) mass is 281 g/mol. The van der Waals surface area contributed by atoms with Crippen LogP contribution in [0.15, 0.2) is 40.4 Å². The summed E-state index contributed by atoms with van der Waals surface area (Å²) in [4.78, 5) is 8.49. The third kappa shape index (κ3) is 3.89. The van der Waals surface area contributed by atoms with Crippen LogP contribution in [-0.4, -0.2) is 16.5 Å². The summed E-state index contributed by atoms with van der Waals surface area (Å²) in [5.74, 6) is -0.445. The number of hydrogen-bond acceptors (Lipinski definition) is 4. The molecule has 0 saturated heterocycles. The van der Waals surface area contributed by atoms with Crippen LogP contribution < -0.4 is 5.32 Å². The third-order valence-corrected chi connectivity index (χ3v) is 3.24. The van der Waals surface area contributed by atoms with Gasteiger partial charge in [-0.1, -0.05) is 18.7 Å². The van der Waals surface area contributed by atoms with Gasteiger partial charge < -0.3 is 5.32 Å². The Morgan fingerprint density at radius 2 is 2.11 bits per heavy atom. The highest BCUT2D eigenvalue weighted by Gasteiger charge is 2.07. The lowest BCUT2D eigenvalue weighted by atomic mass is 10.3. The number of aromatic nitrogens is 2. The summed E-state index contributed by atoms with van der Waals surface area (Å²) >= 11 is 1.07. The Bertz CT molecular complexity index is 563. The largest absolute Gasteiger partial charge is 0.354 e. The van der Waals surface area contributed by atoms with Crippen molar-refractivity contribution < 1.29 is 8.78 Å². The second-order valence-electron chi connectivity index (χ2n) is 3.82. The van der Waals surface area contributed by atoms with E-state index in [-0.39, 0.29) is 4.90 Å². The molecule has 1 heterocycles. The molecule has 19 heavy (non-hydrogen) atoms. The number of hydrogen-bond donors (Lipinski definition) is 1. The van der Waals surface area contributed by atoms with Gasteiger partial charge >= 0.3 is 0 Å². The quantitative estimate of drug-likeness (QED) is 0.847. The molecule has 2 aromatic rings. The molecule has 1 N–H and O–H groups in total. The molecule has 0 atom stereocenters. The number of nitrogens with one attached hydrogen (secondary N) is 1. The first-order valence-electron chi connectivity index (χ1n) is 5.89. The molecule has 3 nitrogen and oxygen atoms in total. The van der Waals surface area contributed by atoms with Crippen molar-refractivity contribution in [3.05, 3.63) is 42.1 Å². The Hall–Kier alpha value is -1.69. The van der Waals surface area contributed by atoms with Gasteiger partial charge in [0.2, 0.25) is 5.95 Å². The fraction of sp³-hybridized carbons (Fsp3) is 0.231. The van der Waals surface area contributed by atoms with Gasteiger partial charge in [-0.15, -0.1) is 0 Å². The predicted molar refractivity (Wildman–Crippen MR) is 71.3 cm³/mol. The molecule has 0 amide bonds. The molecule has 1 aromatic heterocycles. The second kappa shape index (κ2) is 6.47. The molecular weight excluding hydrogens is 268 g/mol. The number of rotatable bonds is 5. The zero-order valence-corrected chi connectivity index (χ0v) is 11.2. The minimum absolute atomic E-state index is 0.208. The molecular formula is C13H13F2N3S. The van der Waals surface area contributed by atoms with Crippen LogP contribution in [0, 0.1) is 11.6 Å². The van der Waals surface area contributed by atoms with Crippen LogP contribution in [0.2, 0.25) is 0 Å². The van der Waals surface area contributed by atoms with Gasteiger partial charge in [-0.2, -0.15) is 0 Å². The molecule has 6 heteroatoms. The average molecular weight is 281 g/mol. The minimum atomic E-state index is -0.470. The Balaban J connectivity index is 2.16. The number of anilines is 1. The summed E-state index contributed by atoms with van der Waals surface area (Å²) in [5.41, 5.74) is 0. The van der Waals surface area contributed by atoms with E-state index in [1.165, 1.54) is 0 Å². The van der Waals surface area contributed by atoms with E-state index >= 15 is 0 Å². The average Bonchev–Trinajstić information content (AvgIpc) is 2.41. The van der Waals surface area contributed by atoms with Crippen molar-refractivity contribution >= 4 is 17.7 Å². The predicted octanol–water partition coefficient (Wildman–Crippen LogP) is 3.73. The maximum Gasteiger partial charge on any atom is 0.223 e. The van der Waals surface area contributed by atoms with Crippen LogP contribution in [0.3, 0.4) is 0 Å². The highest BCUT2D eigenvalue weighted by molar-refractivity contribution is 7.99. The second-order valence-corrected chi connectivity index (χ2v) is 4.88. The van der Waals surface area contributed by atoms with Crippen LogP contribution in [0.25, 0.3) is 0 Å². The fourth-order valence-electron chi connectivity index (χ4n) is 1.39. The van der Waals surface area contributed by atoms with Crippen LogP contribution in [-0.2, 0) is 0 Å². The summed E-state index contributed by atoms with van der Waals surface area (Å²) in [6, 6.07) is 5.01. The topological polar surface area (TPSA) is 37.8 Å². The Kier molecular flexibility index (Phi) is 4.68. The van der Waals surface area contributed by atoms with Crippen molar-refractivity contribution in [2.75, 3.05) is 11.9 Å². The maximum atomic E-state index is 13.5. The summed E-state index contributed by atoms with van der Waals surface area (Å²) in [7, 11) is 0. The Labute approximate surface area is 114 Å². The van der Waals surface area contributed by atoms with E-state index in [0.29, 0.717) is 11.0 Å². The molecule has 0 aliphatic rings. The number of halogens is 2. The molecule has 0 fully saturated rings. The van der Waals surface area contributed by atoms with Crippen LogP contribution >= 0.6 is 11.8 Å². The Morgan fingerprint density at radius 1 is 1.26 bits per heavy atom. The van der Waals surface area contributed by atoms with Gasteiger partial charge in [-0.05, 0) is 30.7 Å². The van der Waals surface area contributed by atoms with E-state index in [1.807, 2.05) is 6.92 Å². The van der Waals surface area contributed by atoms with Crippen molar-refractivity contribution in [1.29, 1.82) is 0 Å². The van der Waals surface area contributed by atoms with Crippen molar-refractivity contribution in [3.8, 4) is 0 Å². The first-order valence-corrected chi connectivity index (χ1v) is 6.70. The maximum absolute atomic E-state index is 13.5. The van der Waals surface area contributed by atoms with E-state index in [2.05, 4.69) is 15.3 Å². The van der Waals surface area contributed by atoms with Crippen LogP contribution in [0.5, 0.6) is 0 Å². The van der Waals surface area contributed by atoms with E-state index in [0.717, 1.165) is 42.9 Å². The Morgan fingerprint density at radius 3 is 2.89 bits per heavy atom. The molecule has 0 radical (unpaired) electrons.